The van der Waals surface area contributed by atoms with E-state index in [-0.39, 0.29) is 18.0 Å². The third kappa shape index (κ3) is 3.46. The van der Waals surface area contributed by atoms with E-state index in [0.29, 0.717) is 57.5 Å². The first-order valence-corrected chi connectivity index (χ1v) is 10.4. The number of hydrogen-bond acceptors (Lipinski definition) is 6. The summed E-state index contributed by atoms with van der Waals surface area (Å²) in [6.45, 7) is 1.78. The molecule has 2 fully saturated rings. The van der Waals surface area contributed by atoms with Crippen LogP contribution in [-0.2, 0) is 27.3 Å². The van der Waals surface area contributed by atoms with Gasteiger partial charge < -0.3 is 18.7 Å². The first-order valence-electron chi connectivity index (χ1n) is 10.4. The first-order chi connectivity index (χ1) is 14.6. The number of likely N-dealkylation sites (tertiary alicyclic amines) is 1. The highest BCUT2D eigenvalue weighted by molar-refractivity contribution is 5.81. The molecule has 2 aliphatic rings. The zero-order chi connectivity index (χ0) is 20.6. The third-order valence-corrected chi connectivity index (χ3v) is 6.40. The molecule has 1 unspecified atom stereocenters. The van der Waals surface area contributed by atoms with Gasteiger partial charge in [0.05, 0.1) is 35.5 Å². The summed E-state index contributed by atoms with van der Waals surface area (Å²) < 4.78 is 12.9. The molecule has 2 saturated heterocycles. The molecule has 3 aromatic rings. The maximum atomic E-state index is 12.7. The van der Waals surface area contributed by atoms with E-state index in [1.807, 2.05) is 29.2 Å². The number of fused-ring (bicyclic) bond motifs is 1. The molecule has 8 heteroatoms. The zero-order valence-corrected chi connectivity index (χ0v) is 16.7. The molecule has 0 N–H and O–H groups in total. The highest BCUT2D eigenvalue weighted by Crippen LogP contribution is 2.43. The summed E-state index contributed by atoms with van der Waals surface area (Å²) in [5.41, 5.74) is 1.51. The van der Waals surface area contributed by atoms with Gasteiger partial charge in [-0.05, 0) is 25.0 Å². The van der Waals surface area contributed by atoms with Crippen LogP contribution in [0.3, 0.4) is 0 Å². The van der Waals surface area contributed by atoms with Crippen molar-refractivity contribution < 1.29 is 18.8 Å². The highest BCUT2D eigenvalue weighted by atomic mass is 16.6. The number of nitrogens with zero attached hydrogens (tertiary/aromatic N) is 4. The summed E-state index contributed by atoms with van der Waals surface area (Å²) in [6.07, 6.45) is 6.16. The number of imidazole rings is 1. The van der Waals surface area contributed by atoms with Gasteiger partial charge in [0.15, 0.2) is 0 Å². The molecule has 0 saturated carbocycles. The van der Waals surface area contributed by atoms with E-state index in [1.54, 1.807) is 18.6 Å². The lowest BCUT2D eigenvalue weighted by Gasteiger charge is -2.36. The fourth-order valence-electron chi connectivity index (χ4n) is 4.67. The molecule has 2 aliphatic heterocycles. The normalized spacial score (nSPS) is 20.7. The Morgan fingerprint density at radius 3 is 2.83 bits per heavy atom. The van der Waals surface area contributed by atoms with E-state index in [0.717, 1.165) is 11.0 Å². The lowest BCUT2D eigenvalue weighted by atomic mass is 9.76. The number of ether oxygens (including phenoxy) is 1. The van der Waals surface area contributed by atoms with E-state index < -0.39 is 5.41 Å². The van der Waals surface area contributed by atoms with Crippen LogP contribution in [0.4, 0.5) is 0 Å². The summed E-state index contributed by atoms with van der Waals surface area (Å²) in [5, 5.41) is 3.66. The van der Waals surface area contributed by atoms with E-state index in [2.05, 4.69) is 14.7 Å². The SMILES string of the molecule is O=C(CCc1ccno1)N1CCC2(CC1)CC(Cn1cnc3ccccc31)OC2=O. The number of para-hydroxylation sites is 2. The largest absolute Gasteiger partial charge is 0.460 e. The molecular weight excluding hydrogens is 384 g/mol. The van der Waals surface area contributed by atoms with Crippen molar-refractivity contribution in [3.8, 4) is 0 Å². The second-order valence-corrected chi connectivity index (χ2v) is 8.26. The monoisotopic (exact) mass is 408 g/mol. The number of benzene rings is 1. The molecule has 4 heterocycles. The molecule has 1 spiro atoms. The molecule has 0 radical (unpaired) electrons. The Balaban J connectivity index is 1.18. The molecule has 0 aliphatic carbocycles. The van der Waals surface area contributed by atoms with Gasteiger partial charge in [0.1, 0.15) is 11.9 Å². The molecule has 8 nitrogen and oxygen atoms in total. The van der Waals surface area contributed by atoms with Gasteiger partial charge >= 0.3 is 5.97 Å². The summed E-state index contributed by atoms with van der Waals surface area (Å²) >= 11 is 0. The van der Waals surface area contributed by atoms with Crippen LogP contribution in [-0.4, -0.2) is 50.7 Å². The van der Waals surface area contributed by atoms with Crippen molar-refractivity contribution >= 4 is 22.9 Å². The number of amides is 1. The van der Waals surface area contributed by atoms with Gasteiger partial charge in [-0.2, -0.15) is 0 Å². The third-order valence-electron chi connectivity index (χ3n) is 6.40. The van der Waals surface area contributed by atoms with Crippen LogP contribution in [0.25, 0.3) is 11.0 Å². The van der Waals surface area contributed by atoms with Crippen LogP contribution in [0.2, 0.25) is 0 Å². The van der Waals surface area contributed by atoms with Gasteiger partial charge in [-0.1, -0.05) is 17.3 Å². The molecule has 1 amide bonds. The predicted octanol–water partition coefficient (Wildman–Crippen LogP) is 2.58. The number of aryl methyl sites for hydroxylation is 1. The van der Waals surface area contributed by atoms with Gasteiger partial charge in [0.25, 0.3) is 0 Å². The Labute approximate surface area is 173 Å². The summed E-state index contributed by atoms with van der Waals surface area (Å²) in [4.78, 5) is 31.5. The van der Waals surface area contributed by atoms with Crippen molar-refractivity contribution in [1.82, 2.24) is 19.6 Å². The predicted molar refractivity (Wildman–Crippen MR) is 107 cm³/mol. The van der Waals surface area contributed by atoms with Crippen molar-refractivity contribution in [3.05, 3.63) is 48.6 Å². The number of hydrogen-bond donors (Lipinski definition) is 0. The van der Waals surface area contributed by atoms with Crippen molar-refractivity contribution in [1.29, 1.82) is 0 Å². The number of rotatable bonds is 5. The van der Waals surface area contributed by atoms with E-state index >= 15 is 0 Å². The van der Waals surface area contributed by atoms with Crippen molar-refractivity contribution in [2.24, 2.45) is 5.41 Å². The van der Waals surface area contributed by atoms with Crippen LogP contribution in [0.1, 0.15) is 31.4 Å². The number of cyclic esters (lactones) is 1. The highest BCUT2D eigenvalue weighted by Gasteiger charge is 2.50. The maximum Gasteiger partial charge on any atom is 0.312 e. The minimum absolute atomic E-state index is 0.0917. The Hall–Kier alpha value is -3.16. The average molecular weight is 408 g/mol. The van der Waals surface area contributed by atoms with Gasteiger partial charge in [-0.3, -0.25) is 9.59 Å². The standard InChI is InChI=1S/C22H24N4O4/c27-20(6-5-16-7-10-24-30-16)25-11-8-22(9-12-25)13-17(29-21(22)28)14-26-15-23-18-3-1-2-4-19(18)26/h1-4,7,10,15,17H,5-6,8-9,11-14H2. The Kier molecular flexibility index (Phi) is 4.77. The maximum absolute atomic E-state index is 12.7. The number of aromatic nitrogens is 3. The molecule has 30 heavy (non-hydrogen) atoms. The lowest BCUT2D eigenvalue weighted by Crippen LogP contribution is -2.45. The van der Waals surface area contributed by atoms with Crippen LogP contribution < -0.4 is 0 Å². The molecule has 156 valence electrons. The molecule has 0 bridgehead atoms. The quantitative estimate of drug-likeness (QED) is 0.603. The van der Waals surface area contributed by atoms with Crippen LogP contribution in [0, 0.1) is 5.41 Å². The molecular formula is C22H24N4O4. The van der Waals surface area contributed by atoms with Gasteiger partial charge in [-0.15, -0.1) is 0 Å². The number of carbonyl (C=O) groups is 2. The van der Waals surface area contributed by atoms with Crippen LogP contribution in [0.15, 0.2) is 47.4 Å². The lowest BCUT2D eigenvalue weighted by molar-refractivity contribution is -0.152. The minimum Gasteiger partial charge on any atom is -0.460 e. The number of esters is 1. The Morgan fingerprint density at radius 2 is 2.03 bits per heavy atom. The van der Waals surface area contributed by atoms with Crippen molar-refractivity contribution in [3.63, 3.8) is 0 Å². The summed E-state index contributed by atoms with van der Waals surface area (Å²) in [5.74, 6) is 0.686. The smallest absolute Gasteiger partial charge is 0.312 e. The molecule has 1 atom stereocenters. The van der Waals surface area contributed by atoms with E-state index in [9.17, 15) is 9.59 Å². The fraction of sp³-hybridized carbons (Fsp3) is 0.455. The topological polar surface area (TPSA) is 90.5 Å². The van der Waals surface area contributed by atoms with Crippen molar-refractivity contribution in [2.45, 2.75) is 44.8 Å². The molecule has 1 aromatic carbocycles. The van der Waals surface area contributed by atoms with Crippen LogP contribution >= 0.6 is 0 Å². The van der Waals surface area contributed by atoms with Gasteiger partial charge in [-0.25, -0.2) is 4.98 Å². The first kappa shape index (κ1) is 18.8. The second kappa shape index (κ2) is 7.59. The Morgan fingerprint density at radius 1 is 1.20 bits per heavy atom. The minimum atomic E-state index is -0.469. The second-order valence-electron chi connectivity index (χ2n) is 8.26. The summed E-state index contributed by atoms with van der Waals surface area (Å²) in [7, 11) is 0. The van der Waals surface area contributed by atoms with Crippen molar-refractivity contribution in [2.75, 3.05) is 13.1 Å². The Bertz CT molecular complexity index is 1050. The van der Waals surface area contributed by atoms with E-state index in [1.165, 1.54) is 0 Å². The van der Waals surface area contributed by atoms with Gasteiger partial charge in [0, 0.05) is 38.4 Å². The average Bonchev–Trinajstić information content (AvgIpc) is 3.48. The van der Waals surface area contributed by atoms with Crippen LogP contribution in [0.5, 0.6) is 0 Å². The summed E-state index contributed by atoms with van der Waals surface area (Å²) in [6, 6.07) is 9.72. The fourth-order valence-corrected chi connectivity index (χ4v) is 4.67. The number of piperidine rings is 1. The molecule has 2 aromatic heterocycles. The number of carbonyl (C=O) groups excluding carboxylic acids is 2. The zero-order valence-electron chi connectivity index (χ0n) is 16.7. The van der Waals surface area contributed by atoms with Gasteiger partial charge in [0.2, 0.25) is 5.91 Å². The van der Waals surface area contributed by atoms with E-state index in [4.69, 9.17) is 9.26 Å². The molecule has 5 rings (SSSR count).